The van der Waals surface area contributed by atoms with Crippen molar-refractivity contribution in [2.24, 2.45) is 0 Å². The summed E-state index contributed by atoms with van der Waals surface area (Å²) in [5.41, 5.74) is 4.77. The standard InChI is InChI=1S/C18H30O.CH5O3P/c1-9-12-11-13(10-2)15(18(6,7)8)16(19)14(12)17(3,4)5;1-5(2,3)4/h11,19H,9-10H2,1-8H3;1H3,(H2,2,3,4). The van der Waals surface area contributed by atoms with Crippen LogP contribution in [0.2, 0.25) is 0 Å². The summed E-state index contributed by atoms with van der Waals surface area (Å²) < 4.78 is 9.33. The molecule has 0 aliphatic rings. The van der Waals surface area contributed by atoms with Gasteiger partial charge in [-0.15, -0.1) is 0 Å². The van der Waals surface area contributed by atoms with Crippen molar-refractivity contribution in [3.8, 4) is 5.75 Å². The average molecular weight is 358 g/mol. The molecule has 0 bridgehead atoms. The molecule has 1 rings (SSSR count). The summed E-state index contributed by atoms with van der Waals surface area (Å²) in [6.07, 6.45) is 1.94. The fourth-order valence-electron chi connectivity index (χ4n) is 3.02. The predicted octanol–water partition coefficient (Wildman–Crippen LogP) is 4.91. The normalized spacial score (nSPS) is 12.6. The topological polar surface area (TPSA) is 77.8 Å². The second kappa shape index (κ2) is 8.03. The van der Waals surface area contributed by atoms with E-state index in [0.717, 1.165) is 30.6 Å². The third kappa shape index (κ3) is 6.96. The second-order valence-corrected chi connectivity index (χ2v) is 10.0. The molecule has 0 unspecified atom stereocenters. The molecule has 3 N–H and O–H groups in total. The van der Waals surface area contributed by atoms with E-state index >= 15 is 0 Å². The highest BCUT2D eigenvalue weighted by Gasteiger charge is 2.29. The van der Waals surface area contributed by atoms with Crippen molar-refractivity contribution in [3.63, 3.8) is 0 Å². The Morgan fingerprint density at radius 3 is 1.29 bits per heavy atom. The number of hydrogen-bond acceptors (Lipinski definition) is 2. The van der Waals surface area contributed by atoms with Gasteiger partial charge in [-0.05, 0) is 34.8 Å². The van der Waals surface area contributed by atoms with Crippen LogP contribution in [0, 0.1) is 0 Å². The minimum Gasteiger partial charge on any atom is -0.507 e. The summed E-state index contributed by atoms with van der Waals surface area (Å²) in [6.45, 7) is 18.3. The SMILES string of the molecule is CCc1cc(CC)c(C(C)(C)C)c(O)c1C(C)(C)C.CP(=O)(O)O. The number of benzene rings is 1. The zero-order chi connectivity index (χ0) is 19.5. The minimum absolute atomic E-state index is 0.0261. The maximum absolute atomic E-state index is 10.9. The van der Waals surface area contributed by atoms with Crippen LogP contribution in [-0.2, 0) is 28.2 Å². The summed E-state index contributed by atoms with van der Waals surface area (Å²) in [6, 6.07) is 2.31. The second-order valence-electron chi connectivity index (χ2n) is 8.34. The lowest BCUT2D eigenvalue weighted by Crippen LogP contribution is -2.21. The van der Waals surface area contributed by atoms with Gasteiger partial charge in [-0.25, -0.2) is 0 Å². The van der Waals surface area contributed by atoms with Gasteiger partial charge in [0.25, 0.3) is 0 Å². The van der Waals surface area contributed by atoms with Crippen molar-refractivity contribution in [3.05, 3.63) is 28.3 Å². The first-order valence-corrected chi connectivity index (χ1v) is 10.5. The van der Waals surface area contributed by atoms with Gasteiger partial charge in [0.2, 0.25) is 0 Å². The van der Waals surface area contributed by atoms with Crippen molar-refractivity contribution >= 4 is 7.60 Å². The van der Waals surface area contributed by atoms with E-state index in [4.69, 9.17) is 9.79 Å². The summed E-state index contributed by atoms with van der Waals surface area (Å²) >= 11 is 0. The molecule has 24 heavy (non-hydrogen) atoms. The Labute approximate surface area is 147 Å². The molecule has 0 aliphatic carbocycles. The molecule has 0 radical (unpaired) electrons. The molecule has 0 saturated carbocycles. The van der Waals surface area contributed by atoms with Gasteiger partial charge < -0.3 is 14.9 Å². The largest absolute Gasteiger partial charge is 0.507 e. The third-order valence-corrected chi connectivity index (χ3v) is 3.73. The molecule has 0 heterocycles. The van der Waals surface area contributed by atoms with Gasteiger partial charge >= 0.3 is 7.60 Å². The maximum Gasteiger partial charge on any atom is 0.322 e. The summed E-state index contributed by atoms with van der Waals surface area (Å²) in [5.74, 6) is 0.524. The van der Waals surface area contributed by atoms with Crippen molar-refractivity contribution < 1.29 is 19.5 Å². The molecule has 4 nitrogen and oxygen atoms in total. The first-order chi connectivity index (χ1) is 10.5. The molecule has 0 atom stereocenters. The third-order valence-electron chi connectivity index (χ3n) is 3.73. The Balaban J connectivity index is 0.000000922. The quantitative estimate of drug-likeness (QED) is 0.657. The fourth-order valence-corrected chi connectivity index (χ4v) is 3.02. The van der Waals surface area contributed by atoms with Gasteiger partial charge in [0.1, 0.15) is 5.75 Å². The summed E-state index contributed by atoms with van der Waals surface area (Å²) in [5, 5.41) is 10.9. The average Bonchev–Trinajstić information content (AvgIpc) is 2.31. The van der Waals surface area contributed by atoms with Crippen LogP contribution in [0.4, 0.5) is 0 Å². The van der Waals surface area contributed by atoms with Gasteiger partial charge in [0, 0.05) is 17.8 Å². The Bertz CT molecular complexity index is 553. The van der Waals surface area contributed by atoms with Gasteiger partial charge in [0.15, 0.2) is 0 Å². The van der Waals surface area contributed by atoms with Crippen LogP contribution in [-0.4, -0.2) is 21.6 Å². The van der Waals surface area contributed by atoms with Crippen LogP contribution in [0.5, 0.6) is 5.75 Å². The molecule has 0 spiro atoms. The van der Waals surface area contributed by atoms with E-state index in [1.54, 1.807) is 0 Å². The zero-order valence-electron chi connectivity index (χ0n) is 16.7. The molecular formula is C19H35O4P. The Morgan fingerprint density at radius 1 is 0.875 bits per heavy atom. The Hall–Kier alpha value is -0.830. The van der Waals surface area contributed by atoms with Crippen molar-refractivity contribution in [2.45, 2.75) is 79.1 Å². The van der Waals surface area contributed by atoms with Gasteiger partial charge in [-0.1, -0.05) is 61.5 Å². The lowest BCUT2D eigenvalue weighted by Gasteiger charge is -2.31. The number of phenolic OH excluding ortho intramolecular Hbond substituents is 1. The molecule has 0 saturated heterocycles. The predicted molar refractivity (Wildman–Crippen MR) is 102 cm³/mol. The maximum atomic E-state index is 10.9. The molecule has 0 aliphatic heterocycles. The van der Waals surface area contributed by atoms with E-state index < -0.39 is 7.60 Å². The number of hydrogen-bond donors (Lipinski definition) is 3. The highest BCUT2D eigenvalue weighted by molar-refractivity contribution is 7.50. The van der Waals surface area contributed by atoms with Gasteiger partial charge in [-0.2, -0.15) is 0 Å². The van der Waals surface area contributed by atoms with E-state index in [-0.39, 0.29) is 10.8 Å². The number of aryl methyl sites for hydroxylation is 2. The Kier molecular flexibility index (Phi) is 7.75. The molecule has 140 valence electrons. The summed E-state index contributed by atoms with van der Waals surface area (Å²) in [4.78, 5) is 15.3. The number of rotatable bonds is 2. The molecule has 0 fully saturated rings. The smallest absolute Gasteiger partial charge is 0.322 e. The Morgan fingerprint density at radius 2 is 1.12 bits per heavy atom. The van der Waals surface area contributed by atoms with E-state index in [2.05, 4.69) is 61.5 Å². The number of aromatic hydroxyl groups is 1. The van der Waals surface area contributed by atoms with Crippen molar-refractivity contribution in [2.75, 3.05) is 6.66 Å². The summed E-state index contributed by atoms with van der Waals surface area (Å²) in [7, 11) is -3.64. The van der Waals surface area contributed by atoms with Gasteiger partial charge in [-0.3, -0.25) is 4.57 Å². The highest BCUT2D eigenvalue weighted by atomic mass is 31.2. The van der Waals surface area contributed by atoms with E-state index in [9.17, 15) is 9.67 Å². The number of phenols is 1. The molecule has 1 aromatic rings. The molecule has 0 aromatic heterocycles. The lowest BCUT2D eigenvalue weighted by molar-refractivity contribution is 0.381. The van der Waals surface area contributed by atoms with Crippen LogP contribution in [0.25, 0.3) is 0 Å². The van der Waals surface area contributed by atoms with E-state index in [0.29, 0.717) is 5.75 Å². The van der Waals surface area contributed by atoms with Crippen molar-refractivity contribution in [1.82, 2.24) is 0 Å². The molecule has 5 heteroatoms. The molecule has 1 aromatic carbocycles. The van der Waals surface area contributed by atoms with Crippen molar-refractivity contribution in [1.29, 1.82) is 0 Å². The van der Waals surface area contributed by atoms with Crippen LogP contribution >= 0.6 is 7.60 Å². The lowest BCUT2D eigenvalue weighted by atomic mass is 9.74. The first kappa shape index (κ1) is 23.2. The van der Waals surface area contributed by atoms with Gasteiger partial charge in [0.05, 0.1) is 0 Å². The van der Waals surface area contributed by atoms with E-state index in [1.807, 2.05) is 0 Å². The highest BCUT2D eigenvalue weighted by Crippen LogP contribution is 2.43. The monoisotopic (exact) mass is 358 g/mol. The minimum atomic E-state index is -3.64. The first-order valence-electron chi connectivity index (χ1n) is 8.45. The molecular weight excluding hydrogens is 323 g/mol. The van der Waals surface area contributed by atoms with Crippen LogP contribution < -0.4 is 0 Å². The van der Waals surface area contributed by atoms with Crippen LogP contribution in [0.15, 0.2) is 6.07 Å². The van der Waals surface area contributed by atoms with E-state index in [1.165, 1.54) is 11.1 Å². The molecule has 0 amide bonds. The van der Waals surface area contributed by atoms with Crippen LogP contribution in [0.3, 0.4) is 0 Å². The fraction of sp³-hybridized carbons (Fsp3) is 0.684. The zero-order valence-corrected chi connectivity index (χ0v) is 17.6. The van der Waals surface area contributed by atoms with Crippen LogP contribution in [0.1, 0.15) is 77.6 Å².